The largest absolute Gasteiger partial charge is 0.395 e. The minimum Gasteiger partial charge on any atom is -0.395 e. The Morgan fingerprint density at radius 1 is 1.05 bits per heavy atom. The maximum atomic E-state index is 13.8. The molecule has 1 aliphatic carbocycles. The third-order valence-electron chi connectivity index (χ3n) is 8.59. The predicted octanol–water partition coefficient (Wildman–Crippen LogP) is 4.27. The van der Waals surface area contributed by atoms with Crippen LogP contribution in [0.4, 0.5) is 17.1 Å². The molecule has 3 aliphatic rings. The molecule has 9 nitrogen and oxygen atoms in total. The molecule has 0 unspecified atom stereocenters. The Bertz CT molecular complexity index is 1530. The predicted molar refractivity (Wildman–Crippen MR) is 153 cm³/mol. The number of amides is 1. The number of aromatic nitrogens is 1. The molecule has 1 aromatic heterocycles. The molecule has 1 spiro atoms. The number of anilines is 3. The summed E-state index contributed by atoms with van der Waals surface area (Å²) in [7, 11) is -3.69. The monoisotopic (exact) mass is 552 g/mol. The second-order valence-electron chi connectivity index (χ2n) is 11.6. The van der Waals surface area contributed by atoms with E-state index >= 15 is 0 Å². The van der Waals surface area contributed by atoms with Crippen LogP contribution in [-0.4, -0.2) is 56.1 Å². The highest BCUT2D eigenvalue weighted by molar-refractivity contribution is 7.92. The van der Waals surface area contributed by atoms with Crippen molar-refractivity contribution in [2.45, 2.75) is 51.7 Å². The van der Waals surface area contributed by atoms with Crippen molar-refractivity contribution in [1.82, 2.24) is 4.57 Å². The first kappa shape index (κ1) is 26.2. The molecule has 39 heavy (non-hydrogen) atoms. The van der Waals surface area contributed by atoms with E-state index in [0.29, 0.717) is 29.0 Å². The normalized spacial score (nSPS) is 19.6. The lowest BCUT2D eigenvalue weighted by Crippen LogP contribution is -2.35. The van der Waals surface area contributed by atoms with E-state index in [9.17, 15) is 13.2 Å². The molecule has 3 heterocycles. The van der Waals surface area contributed by atoms with Gasteiger partial charge in [-0.3, -0.25) is 9.52 Å². The molecule has 10 heteroatoms. The van der Waals surface area contributed by atoms with E-state index in [1.165, 1.54) is 12.8 Å². The first-order valence-electron chi connectivity index (χ1n) is 13.7. The van der Waals surface area contributed by atoms with Gasteiger partial charge in [0, 0.05) is 25.0 Å². The highest BCUT2D eigenvalue weighted by Crippen LogP contribution is 2.54. The fraction of sp³-hybridized carbons (Fsp3) is 0.483. The lowest BCUT2D eigenvalue weighted by Gasteiger charge is -2.35. The second kappa shape index (κ2) is 9.53. The summed E-state index contributed by atoms with van der Waals surface area (Å²) in [5.41, 5.74) is 4.49. The van der Waals surface area contributed by atoms with Crippen LogP contribution in [0, 0.1) is 5.41 Å². The van der Waals surface area contributed by atoms with Crippen molar-refractivity contribution in [3.8, 4) is 0 Å². The van der Waals surface area contributed by atoms with Crippen molar-refractivity contribution < 1.29 is 23.1 Å². The van der Waals surface area contributed by atoms with Crippen molar-refractivity contribution in [3.63, 3.8) is 0 Å². The molecule has 0 radical (unpaired) electrons. The zero-order valence-corrected chi connectivity index (χ0v) is 23.3. The molecule has 0 bridgehead atoms. The van der Waals surface area contributed by atoms with Gasteiger partial charge in [0.25, 0.3) is 5.91 Å². The molecule has 2 aliphatic heterocycles. The Morgan fingerprint density at radius 3 is 2.54 bits per heavy atom. The van der Waals surface area contributed by atoms with Crippen molar-refractivity contribution >= 4 is 43.9 Å². The minimum absolute atomic E-state index is 0.242. The Kier molecular flexibility index (Phi) is 6.39. The highest BCUT2D eigenvalue weighted by Gasteiger charge is 2.44. The van der Waals surface area contributed by atoms with Gasteiger partial charge in [-0.25, -0.2) is 8.42 Å². The Labute approximate surface area is 229 Å². The zero-order chi connectivity index (χ0) is 27.4. The number of ether oxygens (including phenoxy) is 1. The number of hydrogen-bond acceptors (Lipinski definition) is 6. The Balaban J connectivity index is 1.33. The van der Waals surface area contributed by atoms with Crippen LogP contribution in [0.1, 0.15) is 55.6 Å². The summed E-state index contributed by atoms with van der Waals surface area (Å²) < 4.78 is 35.4. The molecule has 3 N–H and O–H groups in total. The van der Waals surface area contributed by atoms with E-state index in [1.54, 1.807) is 18.2 Å². The maximum Gasteiger partial charge on any atom is 0.257 e. The molecule has 0 atom stereocenters. The van der Waals surface area contributed by atoms with E-state index < -0.39 is 22.2 Å². The van der Waals surface area contributed by atoms with Crippen LogP contribution in [-0.2, 0) is 26.9 Å². The molecule has 1 saturated carbocycles. The smallest absolute Gasteiger partial charge is 0.257 e. The van der Waals surface area contributed by atoms with Crippen LogP contribution in [0.25, 0.3) is 10.9 Å². The lowest BCUT2D eigenvalue weighted by molar-refractivity contribution is -0.0493. The summed E-state index contributed by atoms with van der Waals surface area (Å²) in [6.07, 6.45) is 4.68. The van der Waals surface area contributed by atoms with Gasteiger partial charge in [-0.1, -0.05) is 6.07 Å². The zero-order valence-electron chi connectivity index (χ0n) is 22.5. The van der Waals surface area contributed by atoms with Crippen LogP contribution >= 0.6 is 0 Å². The Hall–Kier alpha value is -3.08. The maximum absolute atomic E-state index is 13.8. The third-order valence-corrected chi connectivity index (χ3v) is 9.85. The minimum atomic E-state index is -3.69. The van der Waals surface area contributed by atoms with Gasteiger partial charge in [0.2, 0.25) is 10.0 Å². The van der Waals surface area contributed by atoms with Gasteiger partial charge in [-0.05, 0) is 81.3 Å². The highest BCUT2D eigenvalue weighted by atomic mass is 32.2. The molecule has 1 amide bonds. The van der Waals surface area contributed by atoms with Crippen LogP contribution in [0.2, 0.25) is 0 Å². The van der Waals surface area contributed by atoms with Gasteiger partial charge in [0.15, 0.2) is 0 Å². The van der Waals surface area contributed by atoms with Crippen molar-refractivity contribution in [3.05, 3.63) is 53.7 Å². The standard InChI is InChI=1S/C29H36N4O5S/c1-28(2)26-19-22-23(4-3-5-24(22)33(26)14-16-38-28)30-27(35)21-7-6-20(31-39(36,37)17-15-34)18-25(21)32-12-10-29(8-9-29)11-13-32/h3-7,18-19,31,34H,8-17H2,1-2H3,(H,30,35). The number of benzene rings is 2. The lowest BCUT2D eigenvalue weighted by atomic mass is 9.93. The van der Waals surface area contributed by atoms with E-state index in [2.05, 4.69) is 45.5 Å². The molecule has 2 aromatic carbocycles. The van der Waals surface area contributed by atoms with Crippen LogP contribution < -0.4 is 14.9 Å². The van der Waals surface area contributed by atoms with E-state index in [0.717, 1.165) is 54.8 Å². The summed E-state index contributed by atoms with van der Waals surface area (Å²) in [4.78, 5) is 16.0. The molecular formula is C29H36N4O5S. The number of aliphatic hydroxyl groups excluding tert-OH is 1. The van der Waals surface area contributed by atoms with Crippen LogP contribution in [0.3, 0.4) is 0 Å². The first-order valence-corrected chi connectivity index (χ1v) is 15.3. The summed E-state index contributed by atoms with van der Waals surface area (Å²) >= 11 is 0. The number of carbonyl (C=O) groups excluding carboxylic acids is 1. The molecule has 1 saturated heterocycles. The van der Waals surface area contributed by atoms with Crippen molar-refractivity contribution in [2.75, 3.05) is 47.0 Å². The first-order chi connectivity index (χ1) is 18.6. The number of fused-ring (bicyclic) bond motifs is 3. The number of carbonyl (C=O) groups is 1. The van der Waals surface area contributed by atoms with E-state index in [4.69, 9.17) is 9.84 Å². The molecular weight excluding hydrogens is 516 g/mol. The van der Waals surface area contributed by atoms with Crippen LogP contribution in [0.5, 0.6) is 0 Å². The number of hydrogen-bond donors (Lipinski definition) is 3. The van der Waals surface area contributed by atoms with Crippen LogP contribution in [0.15, 0.2) is 42.5 Å². The average molecular weight is 553 g/mol. The topological polar surface area (TPSA) is 113 Å². The molecule has 208 valence electrons. The Morgan fingerprint density at radius 2 is 1.82 bits per heavy atom. The van der Waals surface area contributed by atoms with Gasteiger partial charge < -0.3 is 24.6 Å². The fourth-order valence-corrected chi connectivity index (χ4v) is 6.92. The number of piperidine rings is 1. The second-order valence-corrected chi connectivity index (χ2v) is 13.4. The summed E-state index contributed by atoms with van der Waals surface area (Å²) in [5.74, 6) is -0.627. The number of aliphatic hydroxyl groups is 1. The van der Waals surface area contributed by atoms with Crippen molar-refractivity contribution in [1.29, 1.82) is 0 Å². The number of sulfonamides is 1. The summed E-state index contributed by atoms with van der Waals surface area (Å²) in [6, 6.07) is 13.1. The van der Waals surface area contributed by atoms with E-state index in [1.807, 2.05) is 12.1 Å². The summed E-state index contributed by atoms with van der Waals surface area (Å²) in [6.45, 7) is 6.69. The third kappa shape index (κ3) is 5.01. The quantitative estimate of drug-likeness (QED) is 0.404. The van der Waals surface area contributed by atoms with Crippen molar-refractivity contribution in [2.24, 2.45) is 5.41 Å². The molecule has 6 rings (SSSR count). The molecule has 2 fully saturated rings. The number of nitrogens with one attached hydrogen (secondary N) is 2. The molecule has 3 aromatic rings. The van der Waals surface area contributed by atoms with Gasteiger partial charge in [-0.2, -0.15) is 0 Å². The van der Waals surface area contributed by atoms with Gasteiger partial charge >= 0.3 is 0 Å². The average Bonchev–Trinajstić information content (AvgIpc) is 3.52. The van der Waals surface area contributed by atoms with E-state index in [-0.39, 0.29) is 11.7 Å². The SMILES string of the molecule is CC1(C)OCCn2c1cc1c(NC(=O)c3ccc(NS(=O)(=O)CCO)cc3N3CCC4(CC3)CC4)cccc12. The number of nitrogens with zero attached hydrogens (tertiary/aromatic N) is 2. The summed E-state index contributed by atoms with van der Waals surface area (Å²) in [5, 5.41) is 13.2. The number of rotatable bonds is 7. The van der Waals surface area contributed by atoms with Gasteiger partial charge in [0.05, 0.1) is 52.8 Å². The van der Waals surface area contributed by atoms with Gasteiger partial charge in [-0.15, -0.1) is 0 Å². The fourth-order valence-electron chi connectivity index (χ4n) is 6.09. The van der Waals surface area contributed by atoms with Gasteiger partial charge in [0.1, 0.15) is 5.60 Å².